The van der Waals surface area contributed by atoms with Crippen molar-refractivity contribution in [2.45, 2.75) is 0 Å². The molecular weight excluding hydrogens is 210 g/mol. The number of benzene rings is 1. The molecule has 1 aromatic heterocycles. The number of methoxy groups -OCH3 is 1. The minimum atomic E-state index is -1.08. The molecule has 5 nitrogen and oxygen atoms in total. The Morgan fingerprint density at radius 2 is 2.12 bits per heavy atom. The van der Waals surface area contributed by atoms with Gasteiger partial charge >= 0.3 is 11.9 Å². The first-order valence-electron chi connectivity index (χ1n) is 4.56. The lowest BCUT2D eigenvalue weighted by molar-refractivity contribution is 0.0603. The molecule has 0 radical (unpaired) electrons. The molecule has 1 heterocycles. The molecule has 0 saturated carbocycles. The van der Waals surface area contributed by atoms with Gasteiger partial charge < -0.3 is 14.8 Å². The number of aromatic amines is 1. The van der Waals surface area contributed by atoms with Crippen LogP contribution in [-0.4, -0.2) is 29.1 Å². The molecular formula is C11H9NO4. The Kier molecular flexibility index (Phi) is 2.36. The lowest BCUT2D eigenvalue weighted by Gasteiger charge is -2.03. The molecule has 1 aromatic carbocycles. The third kappa shape index (κ3) is 1.52. The van der Waals surface area contributed by atoms with Gasteiger partial charge in [0.1, 0.15) is 0 Å². The lowest BCUT2D eigenvalue weighted by Crippen LogP contribution is -2.05. The van der Waals surface area contributed by atoms with E-state index >= 15 is 0 Å². The van der Waals surface area contributed by atoms with Gasteiger partial charge in [-0.1, -0.05) is 0 Å². The summed E-state index contributed by atoms with van der Waals surface area (Å²) in [7, 11) is 1.26. The van der Waals surface area contributed by atoms with Crippen molar-refractivity contribution in [1.82, 2.24) is 4.98 Å². The number of rotatable bonds is 2. The maximum atomic E-state index is 11.5. The van der Waals surface area contributed by atoms with Crippen LogP contribution in [-0.2, 0) is 4.74 Å². The molecule has 0 unspecified atom stereocenters. The average Bonchev–Trinajstić information content (AvgIpc) is 2.74. The van der Waals surface area contributed by atoms with Gasteiger partial charge in [0, 0.05) is 17.1 Å². The van der Waals surface area contributed by atoms with E-state index in [1.54, 1.807) is 12.3 Å². The summed E-state index contributed by atoms with van der Waals surface area (Å²) in [6.07, 6.45) is 1.64. The number of ether oxygens (including phenoxy) is 1. The van der Waals surface area contributed by atoms with E-state index in [9.17, 15) is 9.59 Å². The van der Waals surface area contributed by atoms with Crippen LogP contribution in [0.5, 0.6) is 0 Å². The highest BCUT2D eigenvalue weighted by Crippen LogP contribution is 2.21. The number of H-pyrrole nitrogens is 1. The Morgan fingerprint density at radius 1 is 1.38 bits per heavy atom. The average molecular weight is 219 g/mol. The third-order valence-electron chi connectivity index (χ3n) is 2.32. The zero-order valence-electron chi connectivity index (χ0n) is 8.48. The number of carbonyl (C=O) groups excluding carboxylic acids is 1. The Bertz CT molecular complexity index is 570. The highest BCUT2D eigenvalue weighted by molar-refractivity contribution is 6.06. The largest absolute Gasteiger partial charge is 0.478 e. The third-order valence-corrected chi connectivity index (χ3v) is 2.32. The van der Waals surface area contributed by atoms with E-state index in [0.29, 0.717) is 10.9 Å². The number of hydrogen-bond donors (Lipinski definition) is 2. The van der Waals surface area contributed by atoms with Crippen LogP contribution < -0.4 is 0 Å². The molecule has 2 rings (SSSR count). The summed E-state index contributed by atoms with van der Waals surface area (Å²) in [5, 5.41) is 9.54. The van der Waals surface area contributed by atoms with Crippen molar-refractivity contribution < 1.29 is 19.4 Å². The fraction of sp³-hybridized carbons (Fsp3) is 0.0909. The Hall–Kier alpha value is -2.30. The number of carboxylic acid groups (broad SMARTS) is 1. The van der Waals surface area contributed by atoms with Crippen LogP contribution in [0.1, 0.15) is 20.7 Å². The number of nitrogens with one attached hydrogen (secondary N) is 1. The van der Waals surface area contributed by atoms with Crippen molar-refractivity contribution in [3.05, 3.63) is 35.5 Å². The summed E-state index contributed by atoms with van der Waals surface area (Å²) < 4.78 is 4.60. The van der Waals surface area contributed by atoms with E-state index in [2.05, 4.69) is 9.72 Å². The molecule has 82 valence electrons. The predicted octanol–water partition coefficient (Wildman–Crippen LogP) is 1.65. The molecule has 0 aliphatic carbocycles. The first kappa shape index (κ1) is 10.2. The molecule has 0 atom stereocenters. The summed E-state index contributed by atoms with van der Waals surface area (Å²) in [6.45, 7) is 0. The zero-order chi connectivity index (χ0) is 11.7. The van der Waals surface area contributed by atoms with Crippen LogP contribution in [0.4, 0.5) is 0 Å². The highest BCUT2D eigenvalue weighted by Gasteiger charge is 2.15. The van der Waals surface area contributed by atoms with Gasteiger partial charge in [-0.05, 0) is 18.2 Å². The van der Waals surface area contributed by atoms with E-state index in [0.717, 1.165) is 0 Å². The van der Waals surface area contributed by atoms with E-state index < -0.39 is 11.9 Å². The highest BCUT2D eigenvalue weighted by atomic mass is 16.5. The summed E-state index contributed by atoms with van der Waals surface area (Å²) in [5.41, 5.74) is 0.898. The number of carboxylic acids is 1. The van der Waals surface area contributed by atoms with E-state index in [-0.39, 0.29) is 11.1 Å². The second kappa shape index (κ2) is 3.69. The summed E-state index contributed by atoms with van der Waals surface area (Å²) >= 11 is 0. The number of hydrogen-bond acceptors (Lipinski definition) is 3. The Balaban J connectivity index is 2.73. The normalized spacial score (nSPS) is 10.3. The molecule has 2 N–H and O–H groups in total. The van der Waals surface area contributed by atoms with Gasteiger partial charge in [-0.3, -0.25) is 0 Å². The SMILES string of the molecule is COC(=O)c1cc(C(=O)O)cc2[nH]ccc12. The lowest BCUT2D eigenvalue weighted by atomic mass is 10.1. The first-order chi connectivity index (χ1) is 7.63. The number of aromatic carboxylic acids is 1. The van der Waals surface area contributed by atoms with Crippen LogP contribution in [0.2, 0.25) is 0 Å². The quantitative estimate of drug-likeness (QED) is 0.752. The standard InChI is InChI=1S/C11H9NO4/c1-16-11(15)8-4-6(10(13)14)5-9-7(8)2-3-12-9/h2-5,12H,1H3,(H,13,14). The van der Waals surface area contributed by atoms with Crippen LogP contribution in [0.15, 0.2) is 24.4 Å². The van der Waals surface area contributed by atoms with Gasteiger partial charge in [-0.15, -0.1) is 0 Å². The van der Waals surface area contributed by atoms with Gasteiger partial charge in [-0.2, -0.15) is 0 Å². The van der Waals surface area contributed by atoms with Crippen molar-refractivity contribution in [1.29, 1.82) is 0 Å². The van der Waals surface area contributed by atoms with Gasteiger partial charge in [0.2, 0.25) is 0 Å². The molecule has 0 fully saturated rings. The zero-order valence-corrected chi connectivity index (χ0v) is 8.48. The Labute approximate surface area is 90.6 Å². The minimum absolute atomic E-state index is 0.0513. The summed E-state index contributed by atoms with van der Waals surface area (Å²) in [6, 6.07) is 4.49. The van der Waals surface area contributed by atoms with Gasteiger partial charge in [0.15, 0.2) is 0 Å². The van der Waals surface area contributed by atoms with Gasteiger partial charge in [0.25, 0.3) is 0 Å². The number of esters is 1. The van der Waals surface area contributed by atoms with Crippen molar-refractivity contribution >= 4 is 22.8 Å². The van der Waals surface area contributed by atoms with E-state index in [4.69, 9.17) is 5.11 Å². The second-order valence-electron chi connectivity index (χ2n) is 3.26. The van der Waals surface area contributed by atoms with Crippen LogP contribution >= 0.6 is 0 Å². The van der Waals surface area contributed by atoms with Crippen molar-refractivity contribution in [3.8, 4) is 0 Å². The van der Waals surface area contributed by atoms with E-state index in [1.807, 2.05) is 0 Å². The second-order valence-corrected chi connectivity index (χ2v) is 3.26. The number of aromatic nitrogens is 1. The minimum Gasteiger partial charge on any atom is -0.478 e. The molecule has 0 spiro atoms. The summed E-state index contributed by atoms with van der Waals surface area (Å²) in [4.78, 5) is 25.2. The topological polar surface area (TPSA) is 79.4 Å². The molecule has 0 aliphatic heterocycles. The first-order valence-corrected chi connectivity index (χ1v) is 4.56. The molecule has 2 aromatic rings. The monoisotopic (exact) mass is 219 g/mol. The van der Waals surface area contributed by atoms with Crippen molar-refractivity contribution in [3.63, 3.8) is 0 Å². The summed E-state index contributed by atoms with van der Waals surface area (Å²) in [5.74, 6) is -1.63. The molecule has 0 saturated heterocycles. The molecule has 16 heavy (non-hydrogen) atoms. The predicted molar refractivity (Wildman–Crippen MR) is 56.6 cm³/mol. The molecule has 0 bridgehead atoms. The van der Waals surface area contributed by atoms with E-state index in [1.165, 1.54) is 19.2 Å². The number of fused-ring (bicyclic) bond motifs is 1. The van der Waals surface area contributed by atoms with Gasteiger partial charge in [0.05, 0.1) is 18.2 Å². The Morgan fingerprint density at radius 3 is 2.75 bits per heavy atom. The molecule has 0 amide bonds. The molecule has 5 heteroatoms. The van der Waals surface area contributed by atoms with Crippen LogP contribution in [0, 0.1) is 0 Å². The fourth-order valence-corrected chi connectivity index (χ4v) is 1.57. The van der Waals surface area contributed by atoms with Crippen LogP contribution in [0.25, 0.3) is 10.9 Å². The van der Waals surface area contributed by atoms with Crippen molar-refractivity contribution in [2.24, 2.45) is 0 Å². The van der Waals surface area contributed by atoms with Crippen LogP contribution in [0.3, 0.4) is 0 Å². The number of carbonyl (C=O) groups is 2. The van der Waals surface area contributed by atoms with Crippen molar-refractivity contribution in [2.75, 3.05) is 7.11 Å². The smallest absolute Gasteiger partial charge is 0.338 e. The fourth-order valence-electron chi connectivity index (χ4n) is 1.57. The molecule has 0 aliphatic rings. The van der Waals surface area contributed by atoms with Gasteiger partial charge in [-0.25, -0.2) is 9.59 Å². The maximum Gasteiger partial charge on any atom is 0.338 e. The maximum absolute atomic E-state index is 11.5.